The number of aromatic nitrogens is 1. The summed E-state index contributed by atoms with van der Waals surface area (Å²) < 4.78 is 6.71. The summed E-state index contributed by atoms with van der Waals surface area (Å²) in [7, 11) is 0. The first kappa shape index (κ1) is 20.6. The average Bonchev–Trinajstić information content (AvgIpc) is 2.75. The Kier molecular flexibility index (Phi) is 7.05. The molecule has 0 radical (unpaired) electrons. The van der Waals surface area contributed by atoms with Crippen LogP contribution in [0.15, 0.2) is 53.5 Å². The van der Waals surface area contributed by atoms with Gasteiger partial charge in [-0.2, -0.15) is 0 Å². The number of piperidine rings is 1. The summed E-state index contributed by atoms with van der Waals surface area (Å²) in [5, 5.41) is 2.93. The van der Waals surface area contributed by atoms with E-state index in [0.29, 0.717) is 45.6 Å². The first-order chi connectivity index (χ1) is 14.1. The number of ether oxygens (including phenoxy) is 1. The quantitative estimate of drug-likeness (QED) is 0.759. The molecular weight excluding hydrogens is 370 g/mol. The van der Waals surface area contributed by atoms with Crippen molar-refractivity contribution in [3.05, 3.63) is 70.1 Å². The van der Waals surface area contributed by atoms with Gasteiger partial charge in [-0.1, -0.05) is 30.3 Å². The number of nitrogens with one attached hydrogen (secondary N) is 1. The van der Waals surface area contributed by atoms with E-state index in [9.17, 15) is 14.4 Å². The van der Waals surface area contributed by atoms with E-state index < -0.39 is 0 Å². The second-order valence-corrected chi connectivity index (χ2v) is 7.16. The van der Waals surface area contributed by atoms with Crippen LogP contribution in [-0.2, 0) is 22.6 Å². The number of amides is 2. The fourth-order valence-corrected chi connectivity index (χ4v) is 3.42. The Morgan fingerprint density at radius 1 is 1.07 bits per heavy atom. The molecule has 0 spiro atoms. The lowest BCUT2D eigenvalue weighted by molar-refractivity contribution is -0.149. The van der Waals surface area contributed by atoms with E-state index in [-0.39, 0.29) is 23.5 Å². The minimum absolute atomic E-state index is 0.0319. The van der Waals surface area contributed by atoms with Crippen molar-refractivity contribution < 1.29 is 14.3 Å². The maximum Gasteiger partial charge on any atom is 0.317 e. The third-order valence-corrected chi connectivity index (χ3v) is 5.12. The summed E-state index contributed by atoms with van der Waals surface area (Å²) in [5.74, 6) is -0.269. The number of likely N-dealkylation sites (tertiary alicyclic amines) is 1. The van der Waals surface area contributed by atoms with Crippen LogP contribution in [0.3, 0.4) is 0 Å². The van der Waals surface area contributed by atoms with Crippen molar-refractivity contribution in [3.8, 4) is 0 Å². The van der Waals surface area contributed by atoms with Crippen molar-refractivity contribution in [1.29, 1.82) is 0 Å². The first-order valence-corrected chi connectivity index (χ1v) is 9.99. The zero-order valence-electron chi connectivity index (χ0n) is 16.7. The molecule has 2 heterocycles. The summed E-state index contributed by atoms with van der Waals surface area (Å²) in [6.45, 7) is 4.25. The van der Waals surface area contributed by atoms with Crippen LogP contribution in [0, 0.1) is 5.92 Å². The lowest BCUT2D eigenvalue weighted by atomic mass is 9.97. The van der Waals surface area contributed by atoms with E-state index in [1.165, 1.54) is 0 Å². The highest BCUT2D eigenvalue weighted by atomic mass is 16.5. The number of rotatable bonds is 6. The number of carbonyl (C=O) groups is 2. The second-order valence-electron chi connectivity index (χ2n) is 7.16. The molecule has 2 aromatic rings. The molecule has 1 aliphatic rings. The van der Waals surface area contributed by atoms with Crippen molar-refractivity contribution >= 4 is 12.0 Å². The SMILES string of the molecule is CCOC(=O)C1CCN(C(=O)NCc2ccc(Cn3ccccc3=O)cc2)CC1. The highest BCUT2D eigenvalue weighted by Gasteiger charge is 2.28. The number of nitrogens with zero attached hydrogens (tertiary/aromatic N) is 2. The maximum absolute atomic E-state index is 12.4. The number of hydrogen-bond acceptors (Lipinski definition) is 4. The Bertz CT molecular complexity index is 883. The zero-order valence-corrected chi connectivity index (χ0v) is 16.7. The van der Waals surface area contributed by atoms with E-state index in [2.05, 4.69) is 5.32 Å². The molecule has 1 saturated heterocycles. The summed E-state index contributed by atoms with van der Waals surface area (Å²) in [6.07, 6.45) is 3.04. The molecule has 0 unspecified atom stereocenters. The Labute approximate surface area is 170 Å². The fraction of sp³-hybridized carbons (Fsp3) is 0.409. The van der Waals surface area contributed by atoms with Crippen LogP contribution in [-0.4, -0.2) is 41.2 Å². The minimum Gasteiger partial charge on any atom is -0.466 e. The van der Waals surface area contributed by atoms with Crippen LogP contribution in [0.5, 0.6) is 0 Å². The fourth-order valence-electron chi connectivity index (χ4n) is 3.42. The highest BCUT2D eigenvalue weighted by molar-refractivity contribution is 5.76. The largest absolute Gasteiger partial charge is 0.466 e. The molecule has 0 aliphatic carbocycles. The Hall–Kier alpha value is -3.09. The molecule has 1 aromatic heterocycles. The maximum atomic E-state index is 12.4. The Morgan fingerprint density at radius 2 is 1.76 bits per heavy atom. The Morgan fingerprint density at radius 3 is 2.41 bits per heavy atom. The van der Waals surface area contributed by atoms with Gasteiger partial charge in [0, 0.05) is 31.9 Å². The molecule has 3 rings (SSSR count). The van der Waals surface area contributed by atoms with Crippen molar-refractivity contribution in [2.75, 3.05) is 19.7 Å². The molecule has 1 fully saturated rings. The lowest BCUT2D eigenvalue weighted by Gasteiger charge is -2.30. The van der Waals surface area contributed by atoms with Gasteiger partial charge in [0.25, 0.3) is 5.56 Å². The molecule has 1 aromatic carbocycles. The van der Waals surface area contributed by atoms with Gasteiger partial charge >= 0.3 is 12.0 Å². The second kappa shape index (κ2) is 9.91. The average molecular weight is 397 g/mol. The van der Waals surface area contributed by atoms with Gasteiger partial charge in [-0.3, -0.25) is 9.59 Å². The van der Waals surface area contributed by atoms with E-state index >= 15 is 0 Å². The molecule has 0 saturated carbocycles. The molecule has 0 atom stereocenters. The number of pyridine rings is 1. The number of benzene rings is 1. The highest BCUT2D eigenvalue weighted by Crippen LogP contribution is 2.18. The van der Waals surface area contributed by atoms with Crippen LogP contribution in [0.25, 0.3) is 0 Å². The van der Waals surface area contributed by atoms with E-state index in [1.807, 2.05) is 30.3 Å². The molecule has 154 valence electrons. The van der Waals surface area contributed by atoms with Gasteiger partial charge < -0.3 is 19.5 Å². The van der Waals surface area contributed by atoms with Crippen molar-refractivity contribution in [3.63, 3.8) is 0 Å². The molecule has 1 aliphatic heterocycles. The van der Waals surface area contributed by atoms with Crippen LogP contribution in [0.1, 0.15) is 30.9 Å². The topological polar surface area (TPSA) is 80.6 Å². The number of urea groups is 1. The molecule has 7 heteroatoms. The third-order valence-electron chi connectivity index (χ3n) is 5.12. The van der Waals surface area contributed by atoms with Gasteiger partial charge in [-0.25, -0.2) is 4.79 Å². The first-order valence-electron chi connectivity index (χ1n) is 9.99. The Balaban J connectivity index is 1.45. The molecular formula is C22H27N3O4. The summed E-state index contributed by atoms with van der Waals surface area (Å²) in [5.41, 5.74) is 1.98. The predicted molar refractivity (Wildman–Crippen MR) is 109 cm³/mol. The summed E-state index contributed by atoms with van der Waals surface area (Å²) in [6, 6.07) is 12.8. The van der Waals surface area contributed by atoms with Crippen molar-refractivity contribution in [2.24, 2.45) is 5.92 Å². The predicted octanol–water partition coefficient (Wildman–Crippen LogP) is 2.38. The number of carbonyl (C=O) groups excluding carboxylic acids is 2. The molecule has 7 nitrogen and oxygen atoms in total. The van der Waals surface area contributed by atoms with Crippen molar-refractivity contribution in [1.82, 2.24) is 14.8 Å². The van der Waals surface area contributed by atoms with E-state index in [0.717, 1.165) is 11.1 Å². The number of hydrogen-bond donors (Lipinski definition) is 1. The van der Waals surface area contributed by atoms with Gasteiger partial charge in [0.15, 0.2) is 0 Å². The van der Waals surface area contributed by atoms with Crippen LogP contribution < -0.4 is 10.9 Å². The molecule has 1 N–H and O–H groups in total. The van der Waals surface area contributed by atoms with Crippen molar-refractivity contribution in [2.45, 2.75) is 32.9 Å². The summed E-state index contributed by atoms with van der Waals surface area (Å²) >= 11 is 0. The van der Waals surface area contributed by atoms with Gasteiger partial charge in [0.05, 0.1) is 19.1 Å². The summed E-state index contributed by atoms with van der Waals surface area (Å²) in [4.78, 5) is 37.7. The normalized spacial score (nSPS) is 14.4. The monoisotopic (exact) mass is 397 g/mol. The lowest BCUT2D eigenvalue weighted by Crippen LogP contribution is -2.45. The minimum atomic E-state index is -0.162. The van der Waals surface area contributed by atoms with E-state index in [1.54, 1.807) is 34.7 Å². The van der Waals surface area contributed by atoms with Crippen LogP contribution in [0.2, 0.25) is 0 Å². The van der Waals surface area contributed by atoms with Gasteiger partial charge in [-0.15, -0.1) is 0 Å². The molecule has 29 heavy (non-hydrogen) atoms. The third kappa shape index (κ3) is 5.70. The molecule has 2 amide bonds. The standard InChI is InChI=1S/C22H27N3O4/c1-2-29-21(27)19-10-13-24(14-11-19)22(28)23-15-17-6-8-18(9-7-17)16-25-12-4-3-5-20(25)26/h3-9,12,19H,2,10-11,13-16H2,1H3,(H,23,28). The van der Waals surface area contributed by atoms with E-state index in [4.69, 9.17) is 4.74 Å². The van der Waals surface area contributed by atoms with Crippen LogP contribution in [0.4, 0.5) is 4.79 Å². The smallest absolute Gasteiger partial charge is 0.317 e. The molecule has 0 bridgehead atoms. The van der Waals surface area contributed by atoms with Gasteiger partial charge in [-0.05, 0) is 37.0 Å². The van der Waals surface area contributed by atoms with Crippen LogP contribution >= 0.6 is 0 Å². The van der Waals surface area contributed by atoms with Gasteiger partial charge in [0.1, 0.15) is 0 Å². The zero-order chi connectivity index (χ0) is 20.6. The van der Waals surface area contributed by atoms with Gasteiger partial charge in [0.2, 0.25) is 0 Å². The number of esters is 1.